The molecule has 30 heavy (non-hydrogen) atoms. The van der Waals surface area contributed by atoms with Crippen LogP contribution in [0.1, 0.15) is 38.9 Å². The fourth-order valence-electron chi connectivity index (χ4n) is 4.82. The maximum Gasteiger partial charge on any atom is 0.229 e. The molecule has 2 aromatic carbocycles. The van der Waals surface area contributed by atoms with E-state index in [9.17, 15) is 4.79 Å². The van der Waals surface area contributed by atoms with Gasteiger partial charge in [-0.1, -0.05) is 56.3 Å². The van der Waals surface area contributed by atoms with Crippen LogP contribution in [-0.4, -0.2) is 41.6 Å². The highest BCUT2D eigenvalue weighted by Crippen LogP contribution is 2.43. The summed E-state index contributed by atoms with van der Waals surface area (Å²) in [5.41, 5.74) is 6.01. The highest BCUT2D eigenvalue weighted by Gasteiger charge is 2.30. The van der Waals surface area contributed by atoms with Crippen LogP contribution in [0.2, 0.25) is 0 Å². The minimum Gasteiger partial charge on any atom is -0.339 e. The van der Waals surface area contributed by atoms with E-state index < -0.39 is 0 Å². The highest BCUT2D eigenvalue weighted by atomic mass is 35.5. The lowest BCUT2D eigenvalue weighted by Gasteiger charge is -2.26. The van der Waals surface area contributed by atoms with Crippen LogP contribution in [0.15, 0.2) is 48.5 Å². The van der Waals surface area contributed by atoms with Gasteiger partial charge in [-0.05, 0) is 38.6 Å². The largest absolute Gasteiger partial charge is 0.339 e. The van der Waals surface area contributed by atoms with Gasteiger partial charge in [-0.2, -0.15) is 0 Å². The SMILES string of the molecule is CCN(CC)CCN1C(=O)CC(C)n2c(C)c(-c3ccccc3)c3cccc1c32.Cl. The summed E-state index contributed by atoms with van der Waals surface area (Å²) in [5.74, 6) is 0.224. The van der Waals surface area contributed by atoms with E-state index in [1.807, 2.05) is 4.90 Å². The number of halogens is 1. The number of carbonyl (C=O) groups is 1. The number of hydrogen-bond donors (Lipinski definition) is 0. The summed E-state index contributed by atoms with van der Waals surface area (Å²) < 4.78 is 2.39. The zero-order valence-corrected chi connectivity index (χ0v) is 19.2. The van der Waals surface area contributed by atoms with Crippen LogP contribution in [0.4, 0.5) is 5.69 Å². The van der Waals surface area contributed by atoms with Crippen molar-refractivity contribution in [1.82, 2.24) is 9.47 Å². The van der Waals surface area contributed by atoms with E-state index in [4.69, 9.17) is 0 Å². The Bertz CT molecular complexity index is 1020. The smallest absolute Gasteiger partial charge is 0.229 e. The second kappa shape index (κ2) is 9.23. The molecule has 4 rings (SSSR count). The van der Waals surface area contributed by atoms with Crippen molar-refractivity contribution in [2.45, 2.75) is 40.2 Å². The molecular weight excluding hydrogens is 394 g/mol. The van der Waals surface area contributed by atoms with E-state index in [1.54, 1.807) is 0 Å². The molecule has 0 bridgehead atoms. The number of nitrogens with zero attached hydrogens (tertiary/aromatic N) is 3. The van der Waals surface area contributed by atoms with Crippen molar-refractivity contribution in [3.8, 4) is 11.1 Å². The van der Waals surface area contributed by atoms with Crippen LogP contribution in [-0.2, 0) is 4.79 Å². The fourth-order valence-corrected chi connectivity index (χ4v) is 4.82. The van der Waals surface area contributed by atoms with Crippen molar-refractivity contribution in [2.75, 3.05) is 31.1 Å². The maximum absolute atomic E-state index is 13.2. The van der Waals surface area contributed by atoms with Gasteiger partial charge in [0.15, 0.2) is 0 Å². The normalized spacial score (nSPS) is 16.1. The standard InChI is InChI=1S/C25H31N3O.ClH/c1-5-26(6-2)15-16-27-22-14-10-13-21-24(20-11-8-7-9-12-20)19(4)28(25(21)22)18(3)17-23(27)29;/h7-14,18H,5-6,15-17H2,1-4H3;1H. The summed E-state index contributed by atoms with van der Waals surface area (Å²) in [6.45, 7) is 12.4. The van der Waals surface area contributed by atoms with Gasteiger partial charge in [0.05, 0.1) is 11.2 Å². The molecule has 1 unspecified atom stereocenters. The lowest BCUT2D eigenvalue weighted by atomic mass is 10.0. The highest BCUT2D eigenvalue weighted by molar-refractivity contribution is 6.09. The van der Waals surface area contributed by atoms with Crippen LogP contribution < -0.4 is 4.90 Å². The molecule has 3 aromatic rings. The summed E-state index contributed by atoms with van der Waals surface area (Å²) in [5, 5.41) is 1.24. The molecule has 0 saturated carbocycles. The molecule has 0 spiro atoms. The number of anilines is 1. The Morgan fingerprint density at radius 1 is 1.03 bits per heavy atom. The van der Waals surface area contributed by atoms with Crippen molar-refractivity contribution in [3.05, 3.63) is 54.2 Å². The zero-order chi connectivity index (χ0) is 20.5. The fraction of sp³-hybridized carbons (Fsp3) is 0.400. The molecule has 1 aromatic heterocycles. The van der Waals surface area contributed by atoms with Crippen molar-refractivity contribution in [2.24, 2.45) is 0 Å². The topological polar surface area (TPSA) is 28.5 Å². The molecule has 1 atom stereocenters. The number of amides is 1. The van der Waals surface area contributed by atoms with E-state index in [1.165, 1.54) is 27.7 Å². The Morgan fingerprint density at radius 3 is 2.40 bits per heavy atom. The van der Waals surface area contributed by atoms with Crippen LogP contribution in [0.3, 0.4) is 0 Å². The number of aromatic nitrogens is 1. The monoisotopic (exact) mass is 425 g/mol. The molecule has 1 aliphatic heterocycles. The quantitative estimate of drug-likeness (QED) is 0.508. The van der Waals surface area contributed by atoms with Crippen LogP contribution in [0.5, 0.6) is 0 Å². The summed E-state index contributed by atoms with van der Waals surface area (Å²) in [4.78, 5) is 17.6. The lowest BCUT2D eigenvalue weighted by Crippen LogP contribution is -2.38. The van der Waals surface area contributed by atoms with Crippen LogP contribution in [0, 0.1) is 6.92 Å². The summed E-state index contributed by atoms with van der Waals surface area (Å²) in [6.07, 6.45) is 0.534. The summed E-state index contributed by atoms with van der Waals surface area (Å²) in [6, 6.07) is 17.2. The molecule has 5 heteroatoms. The van der Waals surface area contributed by atoms with Gasteiger partial charge in [0.1, 0.15) is 0 Å². The van der Waals surface area contributed by atoms with E-state index in [0.717, 1.165) is 31.9 Å². The molecule has 4 nitrogen and oxygen atoms in total. The minimum atomic E-state index is 0. The summed E-state index contributed by atoms with van der Waals surface area (Å²) in [7, 11) is 0. The van der Waals surface area contributed by atoms with Crippen molar-refractivity contribution < 1.29 is 4.79 Å². The molecule has 160 valence electrons. The number of likely N-dealkylation sites (N-methyl/N-ethyl adjacent to an activating group) is 1. The predicted molar refractivity (Wildman–Crippen MR) is 129 cm³/mol. The Kier molecular flexibility index (Phi) is 6.89. The van der Waals surface area contributed by atoms with Gasteiger partial charge in [-0.15, -0.1) is 12.4 Å². The third-order valence-corrected chi connectivity index (χ3v) is 6.35. The Labute approximate surface area is 185 Å². The van der Waals surface area contributed by atoms with E-state index in [2.05, 4.69) is 85.7 Å². The van der Waals surface area contributed by atoms with Crippen molar-refractivity contribution in [1.29, 1.82) is 0 Å². The number of hydrogen-bond acceptors (Lipinski definition) is 2. The lowest BCUT2D eigenvalue weighted by molar-refractivity contribution is -0.119. The number of carbonyl (C=O) groups excluding carboxylic acids is 1. The van der Waals surface area contributed by atoms with E-state index in [0.29, 0.717) is 6.42 Å². The first-order valence-electron chi connectivity index (χ1n) is 10.8. The van der Waals surface area contributed by atoms with Crippen LogP contribution in [0.25, 0.3) is 22.0 Å². The number of benzene rings is 2. The third kappa shape index (κ3) is 3.75. The Morgan fingerprint density at radius 2 is 1.73 bits per heavy atom. The molecule has 0 radical (unpaired) electrons. The molecule has 0 N–H and O–H groups in total. The Hall–Kier alpha value is -2.30. The maximum atomic E-state index is 13.2. The Balaban J connectivity index is 0.00000256. The van der Waals surface area contributed by atoms with Gasteiger partial charge in [0.25, 0.3) is 0 Å². The van der Waals surface area contributed by atoms with Gasteiger partial charge in [-0.25, -0.2) is 0 Å². The first-order valence-corrected chi connectivity index (χ1v) is 10.8. The van der Waals surface area contributed by atoms with Gasteiger partial charge in [0, 0.05) is 42.2 Å². The van der Waals surface area contributed by atoms with Gasteiger partial charge in [-0.3, -0.25) is 4.79 Å². The molecular formula is C25H32ClN3O. The second-order valence-electron chi connectivity index (χ2n) is 8.00. The third-order valence-electron chi connectivity index (χ3n) is 6.35. The predicted octanol–water partition coefficient (Wildman–Crippen LogP) is 5.68. The van der Waals surface area contributed by atoms with Gasteiger partial charge >= 0.3 is 0 Å². The molecule has 0 aliphatic carbocycles. The first-order chi connectivity index (χ1) is 14.1. The number of para-hydroxylation sites is 1. The molecule has 0 saturated heterocycles. The molecule has 1 amide bonds. The van der Waals surface area contributed by atoms with E-state index in [-0.39, 0.29) is 24.4 Å². The number of rotatable bonds is 6. The van der Waals surface area contributed by atoms with Crippen molar-refractivity contribution >= 4 is 34.9 Å². The first kappa shape index (κ1) is 22.4. The minimum absolute atomic E-state index is 0. The van der Waals surface area contributed by atoms with Gasteiger partial charge in [0.2, 0.25) is 5.91 Å². The summed E-state index contributed by atoms with van der Waals surface area (Å²) >= 11 is 0. The van der Waals surface area contributed by atoms with Crippen molar-refractivity contribution in [3.63, 3.8) is 0 Å². The second-order valence-corrected chi connectivity index (χ2v) is 8.00. The molecule has 2 heterocycles. The van der Waals surface area contributed by atoms with Crippen LogP contribution >= 0.6 is 12.4 Å². The average molecular weight is 426 g/mol. The molecule has 1 aliphatic rings. The average Bonchev–Trinajstić information content (AvgIpc) is 2.98. The molecule has 0 fully saturated rings. The van der Waals surface area contributed by atoms with Gasteiger partial charge < -0.3 is 14.4 Å². The van der Waals surface area contributed by atoms with E-state index >= 15 is 0 Å². The zero-order valence-electron chi connectivity index (χ0n) is 18.4.